The maximum atomic E-state index is 13.8. The number of hydrogen-bond acceptors (Lipinski definition) is 4. The summed E-state index contributed by atoms with van der Waals surface area (Å²) in [5, 5.41) is 9.72. The van der Waals surface area contributed by atoms with Gasteiger partial charge in [-0.25, -0.2) is 4.98 Å². The van der Waals surface area contributed by atoms with Crippen molar-refractivity contribution in [1.82, 2.24) is 19.2 Å². The van der Waals surface area contributed by atoms with E-state index in [1.165, 1.54) is 17.5 Å². The summed E-state index contributed by atoms with van der Waals surface area (Å²) in [4.78, 5) is 33.1. The minimum Gasteiger partial charge on any atom is -0.336 e. The molecule has 172 valence electrons. The maximum absolute atomic E-state index is 13.8. The van der Waals surface area contributed by atoms with Gasteiger partial charge in [0, 0.05) is 25.3 Å². The summed E-state index contributed by atoms with van der Waals surface area (Å²) < 4.78 is 42.4. The number of nitrogens with zero attached hydrogens (tertiary/aromatic N) is 5. The Hall–Kier alpha value is -3.09. The number of hydrogen-bond donors (Lipinski definition) is 0. The van der Waals surface area contributed by atoms with Crippen LogP contribution in [0.25, 0.3) is 5.65 Å². The van der Waals surface area contributed by atoms with Gasteiger partial charge in [0.1, 0.15) is 12.6 Å². The van der Waals surface area contributed by atoms with E-state index in [4.69, 9.17) is 0 Å². The number of carbonyl (C=O) groups is 2. The summed E-state index contributed by atoms with van der Waals surface area (Å²) in [5.41, 5.74) is -1.49. The highest BCUT2D eigenvalue weighted by molar-refractivity contribution is 5.98. The number of amides is 2. The van der Waals surface area contributed by atoms with Gasteiger partial charge in [0.25, 0.3) is 5.91 Å². The van der Waals surface area contributed by atoms with Gasteiger partial charge in [0.15, 0.2) is 17.0 Å². The number of imidazole rings is 1. The van der Waals surface area contributed by atoms with Crippen LogP contribution in [0.1, 0.15) is 65.3 Å². The number of rotatable bonds is 3. The first-order valence-corrected chi connectivity index (χ1v) is 11.4. The van der Waals surface area contributed by atoms with Crippen molar-refractivity contribution in [2.24, 2.45) is 11.8 Å². The Balaban J connectivity index is 1.31. The predicted octanol–water partition coefficient (Wildman–Crippen LogP) is 3.19. The molecule has 4 aliphatic rings. The Morgan fingerprint density at radius 1 is 1.15 bits per heavy atom. The summed E-state index contributed by atoms with van der Waals surface area (Å²) in [6.45, 7) is 0.515. The van der Waals surface area contributed by atoms with Gasteiger partial charge < -0.3 is 9.80 Å². The van der Waals surface area contributed by atoms with E-state index in [1.54, 1.807) is 0 Å². The zero-order valence-electron chi connectivity index (χ0n) is 17.8. The number of piperazine rings is 1. The molecule has 0 aromatic carbocycles. The molecule has 6 rings (SSSR count). The molecule has 0 unspecified atom stereocenters. The van der Waals surface area contributed by atoms with E-state index in [1.807, 2.05) is 11.0 Å². The average Bonchev–Trinajstić information content (AvgIpc) is 3.69. The molecule has 0 bridgehead atoms. The van der Waals surface area contributed by atoms with Crippen LogP contribution in [0.5, 0.6) is 0 Å². The van der Waals surface area contributed by atoms with Crippen molar-refractivity contribution >= 4 is 17.5 Å². The zero-order chi connectivity index (χ0) is 23.1. The summed E-state index contributed by atoms with van der Waals surface area (Å²) in [7, 11) is 0. The van der Waals surface area contributed by atoms with E-state index < -0.39 is 23.3 Å². The van der Waals surface area contributed by atoms with Crippen LogP contribution in [0.15, 0.2) is 12.3 Å². The zero-order valence-corrected chi connectivity index (χ0v) is 17.8. The molecule has 7 nitrogen and oxygen atoms in total. The van der Waals surface area contributed by atoms with Gasteiger partial charge in [-0.05, 0) is 61.5 Å². The normalized spacial score (nSPS) is 25.5. The van der Waals surface area contributed by atoms with E-state index >= 15 is 0 Å². The van der Waals surface area contributed by atoms with Crippen LogP contribution < -0.4 is 0 Å². The first kappa shape index (κ1) is 20.5. The molecular weight excluding hydrogens is 435 g/mol. The van der Waals surface area contributed by atoms with Crippen molar-refractivity contribution in [2.45, 2.75) is 50.2 Å². The molecule has 2 atom stereocenters. The van der Waals surface area contributed by atoms with Crippen molar-refractivity contribution in [3.8, 4) is 6.07 Å². The van der Waals surface area contributed by atoms with Gasteiger partial charge >= 0.3 is 6.18 Å². The molecule has 2 aromatic heterocycles. The van der Waals surface area contributed by atoms with Crippen LogP contribution in [0.3, 0.4) is 0 Å². The maximum Gasteiger partial charge on any atom is 0.419 e. The van der Waals surface area contributed by atoms with E-state index in [-0.39, 0.29) is 42.3 Å². The van der Waals surface area contributed by atoms with Crippen LogP contribution in [-0.4, -0.2) is 56.7 Å². The topological polar surface area (TPSA) is 81.7 Å². The van der Waals surface area contributed by atoms with Gasteiger partial charge in [0.05, 0.1) is 5.56 Å². The predicted molar refractivity (Wildman–Crippen MR) is 109 cm³/mol. The van der Waals surface area contributed by atoms with Gasteiger partial charge in [-0.3, -0.25) is 14.0 Å². The summed E-state index contributed by atoms with van der Waals surface area (Å²) in [6.07, 6.45) is 1.67. The van der Waals surface area contributed by atoms with E-state index in [9.17, 15) is 28.0 Å². The molecule has 2 aromatic rings. The van der Waals surface area contributed by atoms with Crippen molar-refractivity contribution in [3.05, 3.63) is 34.8 Å². The lowest BCUT2D eigenvalue weighted by Crippen LogP contribution is -2.55. The highest BCUT2D eigenvalue weighted by Gasteiger charge is 2.49. The lowest BCUT2D eigenvalue weighted by Gasteiger charge is -2.38. The molecule has 1 saturated heterocycles. The molecule has 4 fully saturated rings. The average molecular weight is 457 g/mol. The first-order valence-electron chi connectivity index (χ1n) is 11.4. The van der Waals surface area contributed by atoms with Crippen molar-refractivity contribution in [3.63, 3.8) is 0 Å². The molecule has 0 N–H and O–H groups in total. The third-order valence-corrected chi connectivity index (χ3v) is 7.61. The monoisotopic (exact) mass is 457 g/mol. The van der Waals surface area contributed by atoms with Gasteiger partial charge in [-0.15, -0.1) is 0 Å². The standard InChI is InChI=1S/C23H22F3N5O2/c24-23(25,26)17-8-15(12-1-2-12)10-31-18(9-27)20(28-21(17)31)22(33)29-3-4-30(19(32)11-29)16-6-13-5-14(13)7-16/h8,10,12-14,16H,1-7,11H2/t13-,14-/m1/s1. The molecule has 10 heteroatoms. The fourth-order valence-electron chi connectivity index (χ4n) is 5.60. The summed E-state index contributed by atoms with van der Waals surface area (Å²) >= 11 is 0. The number of fused-ring (bicyclic) bond motifs is 2. The van der Waals surface area contributed by atoms with E-state index in [0.29, 0.717) is 12.1 Å². The molecule has 2 amide bonds. The molecule has 1 aliphatic heterocycles. The highest BCUT2D eigenvalue weighted by Crippen LogP contribution is 2.53. The molecule has 0 radical (unpaired) electrons. The van der Waals surface area contributed by atoms with Crippen LogP contribution in [0.2, 0.25) is 0 Å². The second-order valence-electron chi connectivity index (χ2n) is 9.77. The van der Waals surface area contributed by atoms with Crippen LogP contribution >= 0.6 is 0 Å². The van der Waals surface area contributed by atoms with E-state index in [2.05, 4.69) is 4.98 Å². The third kappa shape index (κ3) is 3.36. The Morgan fingerprint density at radius 2 is 1.88 bits per heavy atom. The highest BCUT2D eigenvalue weighted by atomic mass is 19.4. The minimum absolute atomic E-state index is 0.0240. The lowest BCUT2D eigenvalue weighted by molar-refractivity contribution is -0.138. The van der Waals surface area contributed by atoms with Crippen molar-refractivity contribution < 1.29 is 22.8 Å². The molecule has 3 saturated carbocycles. The molecule has 3 aliphatic carbocycles. The summed E-state index contributed by atoms with van der Waals surface area (Å²) in [5.74, 6) is 0.633. The van der Waals surface area contributed by atoms with Gasteiger partial charge in [-0.1, -0.05) is 0 Å². The van der Waals surface area contributed by atoms with Crippen LogP contribution in [0.4, 0.5) is 13.2 Å². The Labute approximate surface area is 187 Å². The van der Waals surface area contributed by atoms with Crippen molar-refractivity contribution in [2.75, 3.05) is 19.6 Å². The molecule has 3 heterocycles. The second kappa shape index (κ2) is 6.95. The minimum atomic E-state index is -4.67. The lowest BCUT2D eigenvalue weighted by atomic mass is 10.1. The summed E-state index contributed by atoms with van der Waals surface area (Å²) in [6, 6.07) is 3.16. The Bertz CT molecular complexity index is 1220. The second-order valence-corrected chi connectivity index (χ2v) is 9.77. The van der Waals surface area contributed by atoms with Crippen LogP contribution in [0, 0.1) is 23.2 Å². The fourth-order valence-corrected chi connectivity index (χ4v) is 5.60. The fraction of sp³-hybridized carbons (Fsp3) is 0.565. The van der Waals surface area contributed by atoms with Gasteiger partial charge in [-0.2, -0.15) is 18.4 Å². The SMILES string of the molecule is N#Cc1c(C(=O)N2CCN(C3C[C@H]4C[C@@H]4C3)C(=O)C2)nc2c(C(F)(F)F)cc(C3CC3)cn12. The van der Waals surface area contributed by atoms with Gasteiger partial charge in [0.2, 0.25) is 5.91 Å². The molecule has 33 heavy (non-hydrogen) atoms. The number of pyridine rings is 1. The largest absolute Gasteiger partial charge is 0.419 e. The van der Waals surface area contributed by atoms with Crippen molar-refractivity contribution in [1.29, 1.82) is 5.26 Å². The first-order chi connectivity index (χ1) is 15.7. The molecular formula is C23H22F3N5O2. The quantitative estimate of drug-likeness (QED) is 0.709. The number of aromatic nitrogens is 2. The van der Waals surface area contributed by atoms with E-state index in [0.717, 1.165) is 48.0 Å². The number of halogens is 3. The third-order valence-electron chi connectivity index (χ3n) is 7.61. The smallest absolute Gasteiger partial charge is 0.336 e. The number of alkyl halides is 3. The Morgan fingerprint density at radius 3 is 2.48 bits per heavy atom. The number of carbonyl (C=O) groups excluding carboxylic acids is 2. The van der Waals surface area contributed by atoms with Crippen LogP contribution in [-0.2, 0) is 11.0 Å². The Kier molecular flexibility index (Phi) is 4.32. The molecule has 0 spiro atoms. The number of nitriles is 1.